The van der Waals surface area contributed by atoms with Crippen molar-refractivity contribution in [2.75, 3.05) is 0 Å². The second kappa shape index (κ2) is 7.79. The molecule has 0 aromatic heterocycles. The Morgan fingerprint density at radius 1 is 1.07 bits per heavy atom. The number of carbonyl (C=O) groups excluding carboxylic acids is 1. The number of fused-ring (bicyclic) bond motifs is 5. The molecule has 0 aromatic carbocycles. The van der Waals surface area contributed by atoms with E-state index in [-0.39, 0.29) is 40.2 Å². The van der Waals surface area contributed by atoms with Crippen LogP contribution in [0, 0.1) is 46.3 Å². The van der Waals surface area contributed by atoms with Crippen molar-refractivity contribution in [2.45, 2.75) is 96.9 Å². The van der Waals surface area contributed by atoms with E-state index in [0.29, 0.717) is 36.0 Å². The van der Waals surface area contributed by atoms with Crippen LogP contribution in [0.1, 0.15) is 78.6 Å². The van der Waals surface area contributed by atoms with E-state index in [1.54, 1.807) is 0 Å². The zero-order valence-electron chi connectivity index (χ0n) is 18.3. The molecular weight excluding hydrogens is 384 g/mol. The van der Waals surface area contributed by atoms with Gasteiger partial charge in [0.25, 0.3) is 0 Å². The van der Waals surface area contributed by atoms with E-state index < -0.39 is 0 Å². The first-order chi connectivity index (χ1) is 13.6. The average Bonchev–Trinajstić information content (AvgIpc) is 3.01. The molecule has 4 rings (SSSR count). The molecule has 3 N–H and O–H groups in total. The Bertz CT molecular complexity index is 640. The molecule has 29 heavy (non-hydrogen) atoms. The van der Waals surface area contributed by atoms with E-state index in [1.165, 1.54) is 0 Å². The molecule has 4 nitrogen and oxygen atoms in total. The van der Waals surface area contributed by atoms with E-state index in [2.05, 4.69) is 33.4 Å². The van der Waals surface area contributed by atoms with Crippen molar-refractivity contribution >= 4 is 17.7 Å². The molecule has 0 radical (unpaired) electrons. The maximum Gasteiger partial charge on any atom is 0.185 e. The van der Waals surface area contributed by atoms with Crippen LogP contribution in [0.4, 0.5) is 0 Å². The summed E-state index contributed by atoms with van der Waals surface area (Å²) in [6, 6.07) is 0. The third-order valence-electron chi connectivity index (χ3n) is 10.3. The van der Waals surface area contributed by atoms with Crippen LogP contribution in [-0.4, -0.2) is 38.7 Å². The van der Waals surface area contributed by atoms with Gasteiger partial charge in [-0.3, -0.25) is 4.79 Å². The van der Waals surface area contributed by atoms with Crippen molar-refractivity contribution < 1.29 is 20.1 Å². The van der Waals surface area contributed by atoms with Crippen molar-refractivity contribution in [1.29, 1.82) is 0 Å². The fourth-order valence-electron chi connectivity index (χ4n) is 8.68. The summed E-state index contributed by atoms with van der Waals surface area (Å²) in [5.74, 6) is 2.06. The van der Waals surface area contributed by atoms with Crippen molar-refractivity contribution in [3.8, 4) is 0 Å². The normalized spacial score (nSPS) is 52.9. The molecule has 0 bridgehead atoms. The summed E-state index contributed by atoms with van der Waals surface area (Å²) in [7, 11) is 0. The molecule has 166 valence electrons. The zero-order valence-corrected chi connectivity index (χ0v) is 19.2. The second-order valence-corrected chi connectivity index (χ2v) is 11.9. The maximum absolute atomic E-state index is 11.5. The van der Waals surface area contributed by atoms with Crippen LogP contribution in [-0.2, 0) is 4.79 Å². The highest BCUT2D eigenvalue weighted by atomic mass is 32.1. The van der Waals surface area contributed by atoms with Gasteiger partial charge in [-0.25, -0.2) is 0 Å². The number of hydrogen-bond donors (Lipinski definition) is 4. The van der Waals surface area contributed by atoms with E-state index >= 15 is 0 Å². The van der Waals surface area contributed by atoms with E-state index in [4.69, 9.17) is 0 Å². The summed E-state index contributed by atoms with van der Waals surface area (Å²) in [5, 5.41) is 32.9. The third kappa shape index (κ3) is 3.43. The van der Waals surface area contributed by atoms with E-state index in [0.717, 1.165) is 51.4 Å². The first-order valence-corrected chi connectivity index (χ1v) is 12.3. The fraction of sp³-hybridized carbons (Fsp3) is 0.958. The Balaban J connectivity index is 1.61. The van der Waals surface area contributed by atoms with Crippen LogP contribution in [0.25, 0.3) is 0 Å². The smallest absolute Gasteiger partial charge is 0.185 e. The molecule has 0 amide bonds. The summed E-state index contributed by atoms with van der Waals surface area (Å²) in [6.45, 7) is 6.86. The largest absolute Gasteiger partial charge is 0.393 e. The monoisotopic (exact) mass is 424 g/mol. The molecule has 11 atom stereocenters. The van der Waals surface area contributed by atoms with Gasteiger partial charge in [0.15, 0.2) is 5.12 Å². The number of rotatable bonds is 4. The van der Waals surface area contributed by atoms with E-state index in [9.17, 15) is 20.1 Å². The van der Waals surface area contributed by atoms with Gasteiger partial charge < -0.3 is 15.3 Å². The lowest BCUT2D eigenvalue weighted by atomic mass is 9.43. The number of aliphatic hydroxyl groups is 3. The molecule has 4 aliphatic rings. The Kier molecular flexibility index (Phi) is 5.94. The molecule has 0 unspecified atom stereocenters. The molecule has 4 fully saturated rings. The van der Waals surface area contributed by atoms with Gasteiger partial charge in [0.1, 0.15) is 0 Å². The summed E-state index contributed by atoms with van der Waals surface area (Å²) in [6.07, 6.45) is 6.78. The Hall–Kier alpha value is -0.100. The van der Waals surface area contributed by atoms with Gasteiger partial charge in [0.2, 0.25) is 0 Å². The van der Waals surface area contributed by atoms with Gasteiger partial charge in [0.05, 0.1) is 18.3 Å². The van der Waals surface area contributed by atoms with Crippen molar-refractivity contribution in [1.82, 2.24) is 0 Å². The predicted octanol–water partition coefficient (Wildman–Crippen LogP) is 3.82. The van der Waals surface area contributed by atoms with Gasteiger partial charge >= 0.3 is 0 Å². The predicted molar refractivity (Wildman–Crippen MR) is 116 cm³/mol. The Labute approximate surface area is 181 Å². The van der Waals surface area contributed by atoms with Crippen molar-refractivity contribution in [3.63, 3.8) is 0 Å². The van der Waals surface area contributed by atoms with Crippen LogP contribution in [0.15, 0.2) is 0 Å². The summed E-state index contributed by atoms with van der Waals surface area (Å²) >= 11 is 3.94. The third-order valence-corrected chi connectivity index (χ3v) is 10.6. The molecular formula is C24H40O4S. The minimum absolute atomic E-state index is 0.0537. The van der Waals surface area contributed by atoms with Crippen LogP contribution in [0.2, 0.25) is 0 Å². The lowest BCUT2D eigenvalue weighted by molar-refractivity contribution is -0.207. The lowest BCUT2D eigenvalue weighted by Crippen LogP contribution is -2.62. The van der Waals surface area contributed by atoms with Gasteiger partial charge in [-0.05, 0) is 97.7 Å². The first-order valence-electron chi connectivity index (χ1n) is 11.8. The van der Waals surface area contributed by atoms with Crippen LogP contribution >= 0.6 is 12.6 Å². The quantitative estimate of drug-likeness (QED) is 0.518. The summed E-state index contributed by atoms with van der Waals surface area (Å²) < 4.78 is 0. The molecule has 0 aromatic rings. The van der Waals surface area contributed by atoms with Gasteiger partial charge in [-0.2, -0.15) is 0 Å². The van der Waals surface area contributed by atoms with Crippen LogP contribution < -0.4 is 0 Å². The minimum atomic E-state index is -0.356. The number of thiol groups is 1. The lowest BCUT2D eigenvalue weighted by Gasteiger charge is -2.63. The highest BCUT2D eigenvalue weighted by Crippen LogP contribution is 2.68. The molecule has 0 aliphatic heterocycles. The highest BCUT2D eigenvalue weighted by molar-refractivity contribution is 7.96. The maximum atomic E-state index is 11.5. The van der Waals surface area contributed by atoms with Crippen molar-refractivity contribution in [2.24, 2.45) is 46.3 Å². The molecule has 0 saturated heterocycles. The highest BCUT2D eigenvalue weighted by Gasteiger charge is 2.65. The fourth-order valence-corrected chi connectivity index (χ4v) is 8.81. The van der Waals surface area contributed by atoms with Crippen LogP contribution in [0.5, 0.6) is 0 Å². The second-order valence-electron chi connectivity index (χ2n) is 11.4. The van der Waals surface area contributed by atoms with Crippen LogP contribution in [0.3, 0.4) is 0 Å². The minimum Gasteiger partial charge on any atom is -0.393 e. The average molecular weight is 425 g/mol. The van der Waals surface area contributed by atoms with Gasteiger partial charge in [-0.1, -0.05) is 20.8 Å². The van der Waals surface area contributed by atoms with Gasteiger partial charge in [-0.15, -0.1) is 12.6 Å². The summed E-state index contributed by atoms with van der Waals surface area (Å²) in [5.41, 5.74) is -0.0633. The molecule has 4 aliphatic carbocycles. The summed E-state index contributed by atoms with van der Waals surface area (Å²) in [4.78, 5) is 11.4. The van der Waals surface area contributed by atoms with Gasteiger partial charge in [0, 0.05) is 6.42 Å². The van der Waals surface area contributed by atoms with E-state index in [1.807, 2.05) is 0 Å². The standard InChI is InChI=1S/C24H40O4S/c1-13(4-7-21(28)29)16-5-6-17-22-18(12-20(27)24(16,17)3)23(2)9-8-15(25)10-14(23)11-19(22)26/h13-20,22,25-27H,4-12H2,1-3H3,(H,28,29)/t13-,14+,15-,16-,17+,18+,19-,20+,22+,23+,24-/m1/s1. The zero-order chi connectivity index (χ0) is 21.1. The Morgan fingerprint density at radius 3 is 2.48 bits per heavy atom. The SMILES string of the molecule is C[C@H](CCC(=O)S)[C@H]1CC[C@H]2[C@@H]3[C@H](O)C[C@@H]4C[C@H](O)CC[C@]4(C)[C@H]3C[C@H](O)[C@]12C. The number of carbonyl (C=O) groups is 1. The molecule has 0 heterocycles. The number of aliphatic hydroxyl groups excluding tert-OH is 3. The first kappa shape index (κ1) is 22.1. The molecule has 0 spiro atoms. The molecule has 4 saturated carbocycles. The Morgan fingerprint density at radius 2 is 1.79 bits per heavy atom. The molecule has 5 heteroatoms. The van der Waals surface area contributed by atoms with Crippen molar-refractivity contribution in [3.05, 3.63) is 0 Å². The topological polar surface area (TPSA) is 77.8 Å². The number of hydrogen-bond acceptors (Lipinski definition) is 4.